The molecule has 0 spiro atoms. The summed E-state index contributed by atoms with van der Waals surface area (Å²) < 4.78 is 0. The molecule has 1 heterocycles. The fourth-order valence-corrected chi connectivity index (χ4v) is 3.42. The molecular formula is C16H24ClN3O. The van der Waals surface area contributed by atoms with Crippen LogP contribution in [0.15, 0.2) is 24.3 Å². The van der Waals surface area contributed by atoms with Gasteiger partial charge in [0.25, 0.3) is 0 Å². The summed E-state index contributed by atoms with van der Waals surface area (Å²) in [7, 11) is 1.70. The molecule has 0 aliphatic carbocycles. The first-order valence-electron chi connectivity index (χ1n) is 7.50. The number of rotatable bonds is 4. The van der Waals surface area contributed by atoms with Crippen LogP contribution >= 0.6 is 11.6 Å². The number of carbonyl (C=O) groups excluding carboxylic acids is 1. The molecule has 5 heteroatoms. The third-order valence-electron chi connectivity index (χ3n) is 4.26. The number of hydrogen-bond donors (Lipinski definition) is 2. The number of halogens is 1. The lowest BCUT2D eigenvalue weighted by Gasteiger charge is -2.39. The Morgan fingerprint density at radius 3 is 2.52 bits per heavy atom. The molecule has 1 saturated heterocycles. The summed E-state index contributed by atoms with van der Waals surface area (Å²) in [6.07, 6.45) is 1.74. The van der Waals surface area contributed by atoms with E-state index in [4.69, 9.17) is 17.3 Å². The van der Waals surface area contributed by atoms with Gasteiger partial charge in [0.2, 0.25) is 5.91 Å². The van der Waals surface area contributed by atoms with Crippen LogP contribution in [0, 0.1) is 5.92 Å². The Morgan fingerprint density at radius 1 is 1.38 bits per heavy atom. The lowest BCUT2D eigenvalue weighted by atomic mass is 9.91. The standard InChI is InChI=1S/C16H24ClN3O/c1-11(18)15(13-5-3-4-6-14(13)17)20-9-7-12(8-10-20)16(21)19-2/h3-6,11-12,15H,7-10,18H2,1-2H3,(H,19,21). The highest BCUT2D eigenvalue weighted by molar-refractivity contribution is 6.31. The minimum Gasteiger partial charge on any atom is -0.359 e. The predicted octanol–water partition coefficient (Wildman–Crippen LogP) is 2.19. The second-order valence-electron chi connectivity index (χ2n) is 5.75. The van der Waals surface area contributed by atoms with Crippen molar-refractivity contribution < 1.29 is 4.79 Å². The van der Waals surface area contributed by atoms with Crippen LogP contribution in [-0.2, 0) is 4.79 Å². The van der Waals surface area contributed by atoms with Gasteiger partial charge in [0, 0.05) is 24.0 Å². The molecule has 21 heavy (non-hydrogen) atoms. The van der Waals surface area contributed by atoms with Crippen LogP contribution in [0.5, 0.6) is 0 Å². The minimum absolute atomic E-state index is 0.0125. The van der Waals surface area contributed by atoms with Crippen molar-refractivity contribution >= 4 is 17.5 Å². The molecule has 1 fully saturated rings. The van der Waals surface area contributed by atoms with Crippen LogP contribution in [-0.4, -0.2) is 37.0 Å². The van der Waals surface area contributed by atoms with Crippen LogP contribution in [0.1, 0.15) is 31.4 Å². The van der Waals surface area contributed by atoms with E-state index < -0.39 is 0 Å². The van der Waals surface area contributed by atoms with Gasteiger partial charge in [-0.05, 0) is 44.5 Å². The third-order valence-corrected chi connectivity index (χ3v) is 4.61. The van der Waals surface area contributed by atoms with E-state index in [9.17, 15) is 4.79 Å². The molecule has 2 rings (SSSR count). The van der Waals surface area contributed by atoms with Crippen molar-refractivity contribution in [1.82, 2.24) is 10.2 Å². The van der Waals surface area contributed by atoms with E-state index in [-0.39, 0.29) is 23.9 Å². The lowest BCUT2D eigenvalue weighted by Crippen LogP contribution is -2.46. The summed E-state index contributed by atoms with van der Waals surface area (Å²) in [5, 5.41) is 3.50. The zero-order chi connectivity index (χ0) is 15.4. The molecule has 1 aromatic carbocycles. The van der Waals surface area contributed by atoms with Crippen molar-refractivity contribution in [3.8, 4) is 0 Å². The van der Waals surface area contributed by atoms with Gasteiger partial charge in [-0.15, -0.1) is 0 Å². The fraction of sp³-hybridized carbons (Fsp3) is 0.562. The highest BCUT2D eigenvalue weighted by Crippen LogP contribution is 2.32. The van der Waals surface area contributed by atoms with Crippen molar-refractivity contribution in [1.29, 1.82) is 0 Å². The Kier molecular flexibility index (Phi) is 5.62. The highest BCUT2D eigenvalue weighted by Gasteiger charge is 2.31. The predicted molar refractivity (Wildman–Crippen MR) is 86.2 cm³/mol. The first-order chi connectivity index (χ1) is 10.0. The molecule has 2 unspecified atom stereocenters. The van der Waals surface area contributed by atoms with Gasteiger partial charge in [-0.3, -0.25) is 9.69 Å². The number of nitrogens with zero attached hydrogens (tertiary/aromatic N) is 1. The van der Waals surface area contributed by atoms with E-state index in [1.807, 2.05) is 31.2 Å². The Hall–Kier alpha value is -1.10. The Morgan fingerprint density at radius 2 is 2.00 bits per heavy atom. The summed E-state index contributed by atoms with van der Waals surface area (Å²) in [6, 6.07) is 7.96. The largest absolute Gasteiger partial charge is 0.359 e. The van der Waals surface area contributed by atoms with Crippen LogP contribution < -0.4 is 11.1 Å². The van der Waals surface area contributed by atoms with Crippen LogP contribution in [0.4, 0.5) is 0 Å². The zero-order valence-electron chi connectivity index (χ0n) is 12.7. The van der Waals surface area contributed by atoms with Gasteiger partial charge in [-0.2, -0.15) is 0 Å². The smallest absolute Gasteiger partial charge is 0.222 e. The summed E-state index contributed by atoms with van der Waals surface area (Å²) in [4.78, 5) is 14.1. The Labute approximate surface area is 131 Å². The monoisotopic (exact) mass is 309 g/mol. The van der Waals surface area contributed by atoms with Crippen LogP contribution in [0.3, 0.4) is 0 Å². The van der Waals surface area contributed by atoms with Gasteiger partial charge < -0.3 is 11.1 Å². The number of nitrogens with two attached hydrogens (primary N) is 1. The van der Waals surface area contributed by atoms with Gasteiger partial charge in [0.15, 0.2) is 0 Å². The molecular weight excluding hydrogens is 286 g/mol. The van der Waals surface area contributed by atoms with E-state index in [0.717, 1.165) is 36.5 Å². The third kappa shape index (κ3) is 3.76. The van der Waals surface area contributed by atoms with Crippen LogP contribution in [0.25, 0.3) is 0 Å². The quantitative estimate of drug-likeness (QED) is 0.896. The maximum absolute atomic E-state index is 11.7. The first kappa shape index (κ1) is 16.3. The first-order valence-corrected chi connectivity index (χ1v) is 7.88. The molecule has 0 bridgehead atoms. The van der Waals surface area contributed by atoms with Crippen molar-refractivity contribution in [2.45, 2.75) is 31.8 Å². The fourth-order valence-electron chi connectivity index (χ4n) is 3.17. The minimum atomic E-state index is -0.0125. The summed E-state index contributed by atoms with van der Waals surface area (Å²) in [6.45, 7) is 3.75. The van der Waals surface area contributed by atoms with E-state index in [1.54, 1.807) is 7.05 Å². The number of piperidine rings is 1. The summed E-state index contributed by atoms with van der Waals surface area (Å²) in [5.41, 5.74) is 7.29. The molecule has 0 aromatic heterocycles. The average Bonchev–Trinajstić information content (AvgIpc) is 2.49. The zero-order valence-corrected chi connectivity index (χ0v) is 13.4. The number of likely N-dealkylation sites (tertiary alicyclic amines) is 1. The Balaban J connectivity index is 2.11. The van der Waals surface area contributed by atoms with E-state index >= 15 is 0 Å². The van der Waals surface area contributed by atoms with Crippen molar-refractivity contribution in [2.75, 3.05) is 20.1 Å². The lowest BCUT2D eigenvalue weighted by molar-refractivity contribution is -0.126. The van der Waals surface area contributed by atoms with Gasteiger partial charge in [0.05, 0.1) is 6.04 Å². The van der Waals surface area contributed by atoms with Gasteiger partial charge in [-0.25, -0.2) is 0 Å². The molecule has 4 nitrogen and oxygen atoms in total. The van der Waals surface area contributed by atoms with Crippen molar-refractivity contribution in [3.05, 3.63) is 34.9 Å². The molecule has 3 N–H and O–H groups in total. The van der Waals surface area contributed by atoms with Gasteiger partial charge in [0.1, 0.15) is 0 Å². The highest BCUT2D eigenvalue weighted by atomic mass is 35.5. The average molecular weight is 310 g/mol. The molecule has 0 saturated carbocycles. The maximum Gasteiger partial charge on any atom is 0.222 e. The molecule has 116 valence electrons. The second-order valence-corrected chi connectivity index (χ2v) is 6.16. The topological polar surface area (TPSA) is 58.4 Å². The molecule has 1 aromatic rings. The van der Waals surface area contributed by atoms with E-state index in [2.05, 4.69) is 10.2 Å². The van der Waals surface area contributed by atoms with Crippen molar-refractivity contribution in [2.24, 2.45) is 11.7 Å². The second kappa shape index (κ2) is 7.25. The number of amides is 1. The van der Waals surface area contributed by atoms with E-state index in [0.29, 0.717) is 0 Å². The van der Waals surface area contributed by atoms with Crippen LogP contribution in [0.2, 0.25) is 5.02 Å². The van der Waals surface area contributed by atoms with Gasteiger partial charge >= 0.3 is 0 Å². The maximum atomic E-state index is 11.7. The van der Waals surface area contributed by atoms with Crippen molar-refractivity contribution in [3.63, 3.8) is 0 Å². The molecule has 1 aliphatic heterocycles. The number of carbonyl (C=O) groups is 1. The molecule has 0 radical (unpaired) electrons. The Bertz CT molecular complexity index is 484. The normalized spacial score (nSPS) is 20.0. The number of benzene rings is 1. The molecule has 1 aliphatic rings. The SMILES string of the molecule is CNC(=O)C1CCN(C(c2ccccc2Cl)C(C)N)CC1. The summed E-state index contributed by atoms with van der Waals surface area (Å²) in [5.74, 6) is 0.260. The van der Waals surface area contributed by atoms with E-state index in [1.165, 1.54) is 0 Å². The van der Waals surface area contributed by atoms with Gasteiger partial charge in [-0.1, -0.05) is 29.8 Å². The molecule has 2 atom stereocenters. The molecule has 1 amide bonds. The summed E-state index contributed by atoms with van der Waals surface area (Å²) >= 11 is 6.34. The number of nitrogens with one attached hydrogen (secondary N) is 1. The number of hydrogen-bond acceptors (Lipinski definition) is 3.